The third-order valence-corrected chi connectivity index (χ3v) is 5.18. The van der Waals surface area contributed by atoms with Gasteiger partial charge in [-0.25, -0.2) is 0 Å². The minimum absolute atomic E-state index is 0.0255. The summed E-state index contributed by atoms with van der Waals surface area (Å²) >= 11 is 0. The minimum Gasteiger partial charge on any atom is -0.507 e. The summed E-state index contributed by atoms with van der Waals surface area (Å²) in [5.41, 5.74) is 3.42. The highest BCUT2D eigenvalue weighted by Gasteiger charge is 2.25. The molecule has 0 spiro atoms. The zero-order valence-electron chi connectivity index (χ0n) is 16.6. The molecule has 0 radical (unpaired) electrons. The van der Waals surface area contributed by atoms with Gasteiger partial charge in [0, 0.05) is 31.7 Å². The van der Waals surface area contributed by atoms with Gasteiger partial charge >= 0.3 is 0 Å². The number of phenolic OH excluding ortho intramolecular Hbond substituents is 1. The first-order chi connectivity index (χ1) is 14.0. The zero-order valence-corrected chi connectivity index (χ0v) is 16.6. The van der Waals surface area contributed by atoms with Gasteiger partial charge in [0.15, 0.2) is 0 Å². The van der Waals surface area contributed by atoms with Gasteiger partial charge in [0.25, 0.3) is 5.91 Å². The Bertz CT molecular complexity index is 1010. The van der Waals surface area contributed by atoms with E-state index in [-0.39, 0.29) is 11.7 Å². The number of aryl methyl sites for hydroxylation is 2. The molecule has 0 saturated carbocycles. The van der Waals surface area contributed by atoms with Crippen LogP contribution in [0.1, 0.15) is 27.4 Å². The van der Waals surface area contributed by atoms with E-state index >= 15 is 0 Å². The van der Waals surface area contributed by atoms with Crippen LogP contribution < -0.4 is 0 Å². The van der Waals surface area contributed by atoms with Crippen LogP contribution in [-0.2, 0) is 6.54 Å². The van der Waals surface area contributed by atoms with Crippen molar-refractivity contribution in [3.63, 3.8) is 0 Å². The molecule has 3 aromatic rings. The van der Waals surface area contributed by atoms with Gasteiger partial charge in [0.1, 0.15) is 5.75 Å². The summed E-state index contributed by atoms with van der Waals surface area (Å²) < 4.78 is 5.41. The second-order valence-corrected chi connectivity index (χ2v) is 7.47. The molecule has 0 aliphatic carbocycles. The van der Waals surface area contributed by atoms with E-state index in [0.29, 0.717) is 50.0 Å². The van der Waals surface area contributed by atoms with Crippen molar-refractivity contribution in [1.29, 1.82) is 0 Å². The van der Waals surface area contributed by atoms with E-state index in [1.807, 2.05) is 38.1 Å². The number of nitrogens with zero attached hydrogens (tertiary/aromatic N) is 4. The molecule has 7 nitrogen and oxygen atoms in total. The average Bonchev–Trinajstić information content (AvgIpc) is 3.19. The highest BCUT2D eigenvalue weighted by Crippen LogP contribution is 2.21. The molecule has 1 aromatic heterocycles. The van der Waals surface area contributed by atoms with Crippen molar-refractivity contribution < 1.29 is 14.4 Å². The number of carbonyl (C=O) groups is 1. The number of piperazine rings is 1. The SMILES string of the molecule is Cc1ccc(-c2noc(CN3CCN(C(=O)c4cc(C)ccc4O)CC3)n2)cc1. The van der Waals surface area contributed by atoms with Gasteiger partial charge in [0.2, 0.25) is 11.7 Å². The Balaban J connectivity index is 1.35. The topological polar surface area (TPSA) is 82.7 Å². The summed E-state index contributed by atoms with van der Waals surface area (Å²) in [7, 11) is 0. The molecule has 1 fully saturated rings. The van der Waals surface area contributed by atoms with Gasteiger partial charge in [-0.1, -0.05) is 46.6 Å². The van der Waals surface area contributed by atoms with Crippen LogP contribution in [0.3, 0.4) is 0 Å². The maximum absolute atomic E-state index is 12.7. The Labute approximate surface area is 169 Å². The van der Waals surface area contributed by atoms with Gasteiger partial charge in [-0.15, -0.1) is 0 Å². The minimum atomic E-state index is -0.134. The van der Waals surface area contributed by atoms with Gasteiger partial charge in [-0.3, -0.25) is 9.69 Å². The van der Waals surface area contributed by atoms with E-state index in [9.17, 15) is 9.90 Å². The van der Waals surface area contributed by atoms with Gasteiger partial charge in [0.05, 0.1) is 12.1 Å². The lowest BCUT2D eigenvalue weighted by atomic mass is 10.1. The molecule has 2 aromatic carbocycles. The predicted molar refractivity (Wildman–Crippen MR) is 108 cm³/mol. The second-order valence-electron chi connectivity index (χ2n) is 7.47. The Morgan fingerprint density at radius 3 is 2.45 bits per heavy atom. The van der Waals surface area contributed by atoms with E-state index in [0.717, 1.165) is 11.1 Å². The maximum Gasteiger partial charge on any atom is 0.257 e. The first kappa shape index (κ1) is 19.1. The Hall–Kier alpha value is -3.19. The van der Waals surface area contributed by atoms with Crippen molar-refractivity contribution in [3.05, 3.63) is 65.0 Å². The number of hydrogen-bond donors (Lipinski definition) is 1. The van der Waals surface area contributed by atoms with Crippen LogP contribution in [0, 0.1) is 13.8 Å². The van der Waals surface area contributed by atoms with Crippen LogP contribution >= 0.6 is 0 Å². The fourth-order valence-electron chi connectivity index (χ4n) is 3.43. The molecule has 2 heterocycles. The highest BCUT2D eigenvalue weighted by atomic mass is 16.5. The molecule has 1 N–H and O–H groups in total. The molecular formula is C22H24N4O3. The lowest BCUT2D eigenvalue weighted by Crippen LogP contribution is -2.48. The molecule has 4 rings (SSSR count). The highest BCUT2D eigenvalue weighted by molar-refractivity contribution is 5.97. The van der Waals surface area contributed by atoms with Crippen LogP contribution in [-0.4, -0.2) is 57.1 Å². The molecule has 0 unspecified atom stereocenters. The van der Waals surface area contributed by atoms with E-state index < -0.39 is 0 Å². The summed E-state index contributed by atoms with van der Waals surface area (Å²) in [6, 6.07) is 13.1. The van der Waals surface area contributed by atoms with Gasteiger partial charge in [-0.05, 0) is 26.0 Å². The van der Waals surface area contributed by atoms with Crippen molar-refractivity contribution in [3.8, 4) is 17.1 Å². The number of amides is 1. The first-order valence-electron chi connectivity index (χ1n) is 9.70. The average molecular weight is 392 g/mol. The van der Waals surface area contributed by atoms with Crippen molar-refractivity contribution in [2.45, 2.75) is 20.4 Å². The molecule has 1 saturated heterocycles. The number of hydrogen-bond acceptors (Lipinski definition) is 6. The Morgan fingerprint density at radius 2 is 1.72 bits per heavy atom. The van der Waals surface area contributed by atoms with Crippen LogP contribution in [0.2, 0.25) is 0 Å². The van der Waals surface area contributed by atoms with Crippen molar-refractivity contribution in [2.24, 2.45) is 0 Å². The molecule has 1 amide bonds. The monoisotopic (exact) mass is 392 g/mol. The number of benzene rings is 2. The Kier molecular flexibility index (Phi) is 5.31. The predicted octanol–water partition coefficient (Wildman–Crippen LogP) is 3.02. The molecule has 150 valence electrons. The molecule has 29 heavy (non-hydrogen) atoms. The van der Waals surface area contributed by atoms with Gasteiger partial charge in [-0.2, -0.15) is 4.98 Å². The maximum atomic E-state index is 12.7. The van der Waals surface area contributed by atoms with E-state index in [1.165, 1.54) is 5.56 Å². The Morgan fingerprint density at radius 1 is 1.03 bits per heavy atom. The zero-order chi connectivity index (χ0) is 20.4. The van der Waals surface area contributed by atoms with Crippen LogP contribution in [0.4, 0.5) is 0 Å². The lowest BCUT2D eigenvalue weighted by molar-refractivity contribution is 0.0612. The van der Waals surface area contributed by atoms with Crippen molar-refractivity contribution >= 4 is 5.91 Å². The quantitative estimate of drug-likeness (QED) is 0.735. The number of aromatic hydroxyl groups is 1. The smallest absolute Gasteiger partial charge is 0.257 e. The fraction of sp³-hybridized carbons (Fsp3) is 0.318. The first-order valence-corrected chi connectivity index (χ1v) is 9.70. The molecule has 1 aliphatic rings. The van der Waals surface area contributed by atoms with Crippen LogP contribution in [0.15, 0.2) is 47.0 Å². The normalized spacial score (nSPS) is 14.9. The van der Waals surface area contributed by atoms with E-state index in [2.05, 4.69) is 15.0 Å². The molecule has 1 aliphatic heterocycles. The van der Waals surface area contributed by atoms with Gasteiger partial charge < -0.3 is 14.5 Å². The second kappa shape index (κ2) is 8.05. The van der Waals surface area contributed by atoms with E-state index in [4.69, 9.17) is 4.52 Å². The number of aromatic nitrogens is 2. The third kappa shape index (κ3) is 4.30. The van der Waals surface area contributed by atoms with Crippen molar-refractivity contribution in [2.75, 3.05) is 26.2 Å². The molecule has 0 bridgehead atoms. The standard InChI is InChI=1S/C22H24N4O3/c1-15-3-6-17(7-4-15)21-23-20(29-24-21)14-25-9-11-26(12-10-25)22(28)18-13-16(2)5-8-19(18)27/h3-8,13,27H,9-12,14H2,1-2H3. The number of phenols is 1. The summed E-state index contributed by atoms with van der Waals surface area (Å²) in [4.78, 5) is 21.2. The summed E-state index contributed by atoms with van der Waals surface area (Å²) in [5.74, 6) is 1.04. The van der Waals surface area contributed by atoms with E-state index in [1.54, 1.807) is 23.1 Å². The number of carbonyl (C=O) groups excluding carboxylic acids is 1. The largest absolute Gasteiger partial charge is 0.507 e. The number of rotatable bonds is 4. The molecule has 7 heteroatoms. The molecular weight excluding hydrogens is 368 g/mol. The third-order valence-electron chi connectivity index (χ3n) is 5.18. The molecule has 0 atom stereocenters. The fourth-order valence-corrected chi connectivity index (χ4v) is 3.43. The summed E-state index contributed by atoms with van der Waals surface area (Å²) in [6.45, 7) is 7.09. The van der Waals surface area contributed by atoms with Crippen LogP contribution in [0.5, 0.6) is 5.75 Å². The summed E-state index contributed by atoms with van der Waals surface area (Å²) in [6.07, 6.45) is 0. The summed E-state index contributed by atoms with van der Waals surface area (Å²) in [5, 5.41) is 14.1. The van der Waals surface area contributed by atoms with Crippen molar-refractivity contribution in [1.82, 2.24) is 19.9 Å². The van der Waals surface area contributed by atoms with Crippen LogP contribution in [0.25, 0.3) is 11.4 Å². The lowest BCUT2D eigenvalue weighted by Gasteiger charge is -2.34.